The van der Waals surface area contributed by atoms with Crippen LogP contribution in [0.15, 0.2) is 12.1 Å². The number of aliphatic hydroxyl groups is 1. The van der Waals surface area contributed by atoms with Crippen LogP contribution in [0.3, 0.4) is 0 Å². The number of benzene rings is 1. The highest BCUT2D eigenvalue weighted by atomic mass is 35.5. The van der Waals surface area contributed by atoms with E-state index in [2.05, 4.69) is 0 Å². The summed E-state index contributed by atoms with van der Waals surface area (Å²) in [5, 5.41) is 9.94. The minimum atomic E-state index is -0.524. The number of halogens is 3. The first kappa shape index (κ1) is 15.0. The van der Waals surface area contributed by atoms with Crippen molar-refractivity contribution >= 4 is 23.2 Å². The van der Waals surface area contributed by atoms with Gasteiger partial charge in [0.15, 0.2) is 0 Å². The first-order chi connectivity index (χ1) is 9.06. The van der Waals surface area contributed by atoms with Gasteiger partial charge in [-0.1, -0.05) is 36.0 Å². The van der Waals surface area contributed by atoms with E-state index in [9.17, 15) is 9.50 Å². The molecule has 1 fully saturated rings. The van der Waals surface area contributed by atoms with Gasteiger partial charge in [0.2, 0.25) is 0 Å². The summed E-state index contributed by atoms with van der Waals surface area (Å²) >= 11 is 12.0. The fourth-order valence-electron chi connectivity index (χ4n) is 3.00. The van der Waals surface area contributed by atoms with Crippen LogP contribution in [-0.2, 0) is 0 Å². The molecule has 0 amide bonds. The Morgan fingerprint density at radius 2 is 2.00 bits per heavy atom. The molecule has 0 bridgehead atoms. The Balaban J connectivity index is 2.32. The van der Waals surface area contributed by atoms with Crippen molar-refractivity contribution in [3.8, 4) is 0 Å². The third kappa shape index (κ3) is 3.05. The summed E-state index contributed by atoms with van der Waals surface area (Å²) in [6.07, 6.45) is 3.94. The highest BCUT2D eigenvalue weighted by Gasteiger charge is 2.33. The van der Waals surface area contributed by atoms with Crippen LogP contribution in [0.25, 0.3) is 0 Å². The van der Waals surface area contributed by atoms with Crippen molar-refractivity contribution in [3.05, 3.63) is 33.6 Å². The molecule has 0 spiro atoms. The van der Waals surface area contributed by atoms with Gasteiger partial charge in [-0.2, -0.15) is 0 Å². The third-order valence-corrected chi connectivity index (χ3v) is 4.90. The zero-order chi connectivity index (χ0) is 14.0. The number of rotatable bonds is 3. The largest absolute Gasteiger partial charge is 0.396 e. The van der Waals surface area contributed by atoms with Crippen LogP contribution in [0.1, 0.15) is 37.3 Å². The topological polar surface area (TPSA) is 46.2 Å². The van der Waals surface area contributed by atoms with Crippen molar-refractivity contribution in [1.29, 1.82) is 0 Å². The van der Waals surface area contributed by atoms with E-state index in [0.717, 1.165) is 25.7 Å². The molecule has 19 heavy (non-hydrogen) atoms. The average Bonchev–Trinajstić information content (AvgIpc) is 2.43. The molecule has 1 aliphatic carbocycles. The molecule has 0 heterocycles. The van der Waals surface area contributed by atoms with Crippen molar-refractivity contribution in [2.45, 2.75) is 31.7 Å². The van der Waals surface area contributed by atoms with E-state index in [-0.39, 0.29) is 29.0 Å². The fraction of sp³-hybridized carbons (Fsp3) is 0.571. The first-order valence-corrected chi connectivity index (χ1v) is 7.31. The highest BCUT2D eigenvalue weighted by molar-refractivity contribution is 6.42. The van der Waals surface area contributed by atoms with Gasteiger partial charge in [0.05, 0.1) is 10.0 Å². The zero-order valence-corrected chi connectivity index (χ0v) is 12.1. The summed E-state index contributed by atoms with van der Waals surface area (Å²) < 4.78 is 14.0. The van der Waals surface area contributed by atoms with Gasteiger partial charge < -0.3 is 10.8 Å². The first-order valence-electron chi connectivity index (χ1n) is 6.56. The number of hydrogen-bond acceptors (Lipinski definition) is 2. The van der Waals surface area contributed by atoms with Crippen LogP contribution in [-0.4, -0.2) is 11.7 Å². The lowest BCUT2D eigenvalue weighted by Crippen LogP contribution is -2.33. The van der Waals surface area contributed by atoms with Crippen LogP contribution in [0.5, 0.6) is 0 Å². The maximum absolute atomic E-state index is 14.0. The van der Waals surface area contributed by atoms with Gasteiger partial charge in [0.1, 0.15) is 5.82 Å². The van der Waals surface area contributed by atoms with Gasteiger partial charge in [0.25, 0.3) is 0 Å². The van der Waals surface area contributed by atoms with Crippen molar-refractivity contribution in [3.63, 3.8) is 0 Å². The molecule has 2 nitrogen and oxygen atoms in total. The Morgan fingerprint density at radius 1 is 1.32 bits per heavy atom. The molecule has 2 rings (SSSR count). The third-order valence-electron chi connectivity index (χ3n) is 4.08. The van der Waals surface area contributed by atoms with Gasteiger partial charge in [-0.15, -0.1) is 0 Å². The molecule has 0 aliphatic heterocycles. The summed E-state index contributed by atoms with van der Waals surface area (Å²) in [6.45, 7) is 0.0815. The Morgan fingerprint density at radius 3 is 2.68 bits per heavy atom. The molecule has 1 aromatic carbocycles. The molecule has 0 saturated heterocycles. The van der Waals surface area contributed by atoms with Crippen LogP contribution in [0.2, 0.25) is 10.0 Å². The Hall–Kier alpha value is -0.350. The van der Waals surface area contributed by atoms with Crippen molar-refractivity contribution in [2.75, 3.05) is 6.61 Å². The van der Waals surface area contributed by atoms with Crippen LogP contribution < -0.4 is 5.73 Å². The number of hydrogen-bond donors (Lipinski definition) is 2. The second-order valence-corrected chi connectivity index (χ2v) is 5.96. The molecule has 0 radical (unpaired) electrons. The fourth-order valence-corrected chi connectivity index (χ4v) is 3.44. The quantitative estimate of drug-likeness (QED) is 0.831. The lowest BCUT2D eigenvalue weighted by Gasteiger charge is -2.35. The van der Waals surface area contributed by atoms with E-state index in [1.54, 1.807) is 0 Å². The molecule has 0 aromatic heterocycles. The maximum Gasteiger partial charge on any atom is 0.129 e. The van der Waals surface area contributed by atoms with Gasteiger partial charge in [-0.05, 0) is 36.8 Å². The van der Waals surface area contributed by atoms with Crippen molar-refractivity contribution < 1.29 is 9.50 Å². The average molecular weight is 306 g/mol. The maximum atomic E-state index is 14.0. The Labute approximate surface area is 122 Å². The van der Waals surface area contributed by atoms with Gasteiger partial charge >= 0.3 is 0 Å². The molecule has 1 aliphatic rings. The van der Waals surface area contributed by atoms with Gasteiger partial charge in [-0.3, -0.25) is 0 Å². The minimum Gasteiger partial charge on any atom is -0.396 e. The van der Waals surface area contributed by atoms with E-state index < -0.39 is 11.9 Å². The van der Waals surface area contributed by atoms with Gasteiger partial charge in [0, 0.05) is 18.2 Å². The van der Waals surface area contributed by atoms with Crippen molar-refractivity contribution in [2.24, 2.45) is 17.6 Å². The monoisotopic (exact) mass is 305 g/mol. The van der Waals surface area contributed by atoms with E-state index >= 15 is 0 Å². The smallest absolute Gasteiger partial charge is 0.129 e. The minimum absolute atomic E-state index is 0.0456. The predicted octanol–water partition coefficient (Wildman–Crippen LogP) is 3.93. The molecule has 1 aromatic rings. The predicted molar refractivity (Wildman–Crippen MR) is 75.9 cm³/mol. The zero-order valence-electron chi connectivity index (χ0n) is 10.6. The normalized spacial score (nSPS) is 25.3. The second kappa shape index (κ2) is 6.40. The lowest BCUT2D eigenvalue weighted by molar-refractivity contribution is 0.117. The number of aliphatic hydroxyl groups excluding tert-OH is 1. The summed E-state index contributed by atoms with van der Waals surface area (Å²) in [6, 6.07) is 2.20. The summed E-state index contributed by atoms with van der Waals surface area (Å²) in [5.41, 5.74) is 6.49. The second-order valence-electron chi connectivity index (χ2n) is 5.17. The molecular formula is C14H18Cl2FNO. The SMILES string of the molecule is N[C@H](c1c(F)ccc(Cl)c1Cl)[C@@H]1CCCC[C@H]1CO. The van der Waals surface area contributed by atoms with Crippen molar-refractivity contribution in [1.82, 2.24) is 0 Å². The standard InChI is InChI=1S/C14H18Cl2FNO/c15-10-5-6-11(17)12(13(10)16)14(18)9-4-2-1-3-8(9)7-19/h5-6,8-9,14,19H,1-4,7,18H2/t8-,9+,14-/m0/s1. The van der Waals surface area contributed by atoms with Crippen LogP contribution in [0, 0.1) is 17.7 Å². The molecule has 1 saturated carbocycles. The Bertz CT molecular complexity index is 455. The van der Waals surface area contributed by atoms with Crippen LogP contribution in [0.4, 0.5) is 4.39 Å². The summed E-state index contributed by atoms with van der Waals surface area (Å²) in [5.74, 6) is -0.272. The van der Waals surface area contributed by atoms with E-state index in [0.29, 0.717) is 5.02 Å². The van der Waals surface area contributed by atoms with Crippen LogP contribution >= 0.6 is 23.2 Å². The van der Waals surface area contributed by atoms with E-state index in [1.807, 2.05) is 0 Å². The molecule has 5 heteroatoms. The number of nitrogens with two attached hydrogens (primary N) is 1. The molecule has 3 atom stereocenters. The lowest BCUT2D eigenvalue weighted by atomic mass is 9.74. The summed E-state index contributed by atoms with van der Waals surface area (Å²) in [7, 11) is 0. The van der Waals surface area contributed by atoms with E-state index in [1.165, 1.54) is 12.1 Å². The molecule has 0 unspecified atom stereocenters. The van der Waals surface area contributed by atoms with Gasteiger partial charge in [-0.25, -0.2) is 4.39 Å². The highest BCUT2D eigenvalue weighted by Crippen LogP contribution is 2.41. The van der Waals surface area contributed by atoms with E-state index in [4.69, 9.17) is 28.9 Å². The molecule has 106 valence electrons. The Kier molecular flexibility index (Phi) is 5.07. The summed E-state index contributed by atoms with van der Waals surface area (Å²) in [4.78, 5) is 0. The molecule has 3 N–H and O–H groups in total. The molecular weight excluding hydrogens is 288 g/mol.